The third-order valence-electron chi connectivity index (χ3n) is 8.83. The zero-order chi connectivity index (χ0) is 37.1. The van der Waals surface area contributed by atoms with Crippen LogP contribution in [0.25, 0.3) is 0 Å². The van der Waals surface area contributed by atoms with E-state index in [0.29, 0.717) is 24.3 Å². The average molecular weight is 706 g/mol. The van der Waals surface area contributed by atoms with Crippen LogP contribution in [0.15, 0.2) is 60.7 Å². The molecule has 3 aromatic rings. The summed E-state index contributed by atoms with van der Waals surface area (Å²) < 4.78 is 28.2. The highest BCUT2D eigenvalue weighted by atomic mass is 16.7. The van der Waals surface area contributed by atoms with Gasteiger partial charge in [-0.1, -0.05) is 32.0 Å². The summed E-state index contributed by atoms with van der Waals surface area (Å²) in [7, 11) is 6.59. The van der Waals surface area contributed by atoms with Crippen molar-refractivity contribution < 1.29 is 48.0 Å². The summed E-state index contributed by atoms with van der Waals surface area (Å²) in [6.45, 7) is 3.42. The van der Waals surface area contributed by atoms with E-state index in [1.54, 1.807) is 65.6 Å². The average Bonchev–Trinajstić information content (AvgIpc) is 3.32. The van der Waals surface area contributed by atoms with E-state index < -0.39 is 35.4 Å². The molecule has 2 atom stereocenters. The number of esters is 1. The zero-order valence-corrected chi connectivity index (χ0v) is 30.0. The lowest BCUT2D eigenvalue weighted by Gasteiger charge is -2.39. The number of likely N-dealkylation sites (tertiary alicyclic amines) is 1. The first kappa shape index (κ1) is 38.7. The van der Waals surface area contributed by atoms with Crippen LogP contribution in [0.3, 0.4) is 0 Å². The number of carbonyl (C=O) groups excluding carboxylic acids is 3. The van der Waals surface area contributed by atoms with Gasteiger partial charge in [-0.3, -0.25) is 9.59 Å². The van der Waals surface area contributed by atoms with Gasteiger partial charge in [0.05, 0.1) is 17.2 Å². The van der Waals surface area contributed by atoms with E-state index in [-0.39, 0.29) is 62.0 Å². The Morgan fingerprint density at radius 1 is 0.902 bits per heavy atom. The second-order valence-corrected chi connectivity index (χ2v) is 12.3. The molecule has 0 spiro atoms. The number of methoxy groups -OCH3 is 2. The fourth-order valence-corrected chi connectivity index (χ4v) is 6.15. The second kappa shape index (κ2) is 17.7. The molecule has 1 saturated heterocycles. The molecule has 3 aromatic carbocycles. The van der Waals surface area contributed by atoms with Gasteiger partial charge in [-0.05, 0) is 79.3 Å². The molecule has 13 heteroatoms. The van der Waals surface area contributed by atoms with Gasteiger partial charge in [0, 0.05) is 52.7 Å². The van der Waals surface area contributed by atoms with Crippen LogP contribution < -0.4 is 19.7 Å². The molecule has 4 rings (SSSR count). The van der Waals surface area contributed by atoms with Crippen LogP contribution in [0, 0.1) is 0 Å². The number of amides is 2. The molecule has 0 unspecified atom stereocenters. The molecule has 1 heterocycles. The summed E-state index contributed by atoms with van der Waals surface area (Å²) in [4.78, 5) is 58.7. The largest absolute Gasteiger partial charge is 0.467 e. The topological polar surface area (TPSA) is 153 Å². The number of ketones is 1. The molecule has 1 aliphatic rings. The number of hydrogen-bond donors (Lipinski definition) is 2. The molecular weight excluding hydrogens is 658 g/mol. The van der Waals surface area contributed by atoms with Gasteiger partial charge in [-0.15, -0.1) is 0 Å². The van der Waals surface area contributed by atoms with E-state index in [9.17, 15) is 19.5 Å². The van der Waals surface area contributed by atoms with E-state index in [2.05, 4.69) is 5.32 Å². The SMILES string of the molecule is CCc1cc(C(=O)N[C@@H]2CN(C(=O)O)CCC[C@]2(OC(=O)c2ccccc2)C(=O)c2cc(N(C)C)ccc2OCOC)cc(CC)c1OCOC. The van der Waals surface area contributed by atoms with Gasteiger partial charge in [0.15, 0.2) is 19.2 Å². The van der Waals surface area contributed by atoms with Gasteiger partial charge < -0.3 is 43.9 Å². The van der Waals surface area contributed by atoms with Crippen molar-refractivity contribution >= 4 is 29.4 Å². The van der Waals surface area contributed by atoms with Gasteiger partial charge in [-0.2, -0.15) is 0 Å². The maximum absolute atomic E-state index is 15.2. The number of Topliss-reactive ketones (excluding diaryl/α,β-unsaturated/α-hetero) is 1. The van der Waals surface area contributed by atoms with Crippen LogP contribution in [0.5, 0.6) is 11.5 Å². The molecular formula is C38H47N3O10. The number of ether oxygens (including phenoxy) is 5. The van der Waals surface area contributed by atoms with Crippen molar-refractivity contribution in [1.29, 1.82) is 0 Å². The Kier molecular flexibility index (Phi) is 13.4. The lowest BCUT2D eigenvalue weighted by atomic mass is 9.81. The van der Waals surface area contributed by atoms with Crippen molar-refractivity contribution in [3.05, 3.63) is 88.5 Å². The van der Waals surface area contributed by atoms with E-state index in [4.69, 9.17) is 23.7 Å². The fourth-order valence-electron chi connectivity index (χ4n) is 6.15. The molecule has 2 amide bonds. The summed E-state index contributed by atoms with van der Waals surface area (Å²) in [5.41, 5.74) is 0.650. The maximum Gasteiger partial charge on any atom is 0.407 e. The number of carboxylic acid groups (broad SMARTS) is 1. The Morgan fingerprint density at radius 3 is 2.14 bits per heavy atom. The smallest absolute Gasteiger partial charge is 0.407 e. The Balaban J connectivity index is 1.91. The van der Waals surface area contributed by atoms with Crippen LogP contribution in [0.4, 0.5) is 10.5 Å². The Labute approximate surface area is 298 Å². The second-order valence-electron chi connectivity index (χ2n) is 12.3. The predicted octanol–water partition coefficient (Wildman–Crippen LogP) is 5.19. The molecule has 0 aliphatic carbocycles. The molecule has 13 nitrogen and oxygen atoms in total. The number of nitrogens with zero attached hydrogens (tertiary/aromatic N) is 2. The van der Waals surface area contributed by atoms with Crippen LogP contribution >= 0.6 is 0 Å². The lowest BCUT2D eigenvalue weighted by molar-refractivity contribution is -0.0274. The minimum absolute atomic E-state index is 0.0289. The molecule has 1 aliphatic heterocycles. The molecule has 274 valence electrons. The number of nitrogens with one attached hydrogen (secondary N) is 1. The first-order valence-corrected chi connectivity index (χ1v) is 16.8. The van der Waals surface area contributed by atoms with E-state index >= 15 is 4.79 Å². The van der Waals surface area contributed by atoms with Gasteiger partial charge in [0.2, 0.25) is 5.78 Å². The fraction of sp³-hybridized carbons (Fsp3) is 0.421. The normalized spacial score (nSPS) is 17.2. The standard InChI is InChI=1S/C38H47N3O10/c1-7-25-19-28(20-26(8-2)33(25)50-24-48-6)35(43)39-32-22-41(37(45)46)18-12-17-38(32,51-36(44)27-13-10-9-11-14-27)34(42)30-21-29(40(3)4)15-16-31(30)49-23-47-5/h9-11,13-16,19-21,32H,7-8,12,17-18,22-24H2,1-6H3,(H,39,43)(H,45,46)/t32-,38-/m1/s1. The summed E-state index contributed by atoms with van der Waals surface area (Å²) in [5, 5.41) is 13.1. The molecule has 2 N–H and O–H groups in total. The van der Waals surface area contributed by atoms with Crippen molar-refractivity contribution in [3.63, 3.8) is 0 Å². The number of rotatable bonds is 15. The predicted molar refractivity (Wildman–Crippen MR) is 190 cm³/mol. The first-order chi connectivity index (χ1) is 24.5. The minimum Gasteiger partial charge on any atom is -0.467 e. The number of aryl methyl sites for hydroxylation is 2. The highest BCUT2D eigenvalue weighted by Gasteiger charge is 2.53. The van der Waals surface area contributed by atoms with Crippen LogP contribution in [0.1, 0.15) is 68.9 Å². The summed E-state index contributed by atoms with van der Waals surface area (Å²) in [6.07, 6.45) is -0.0921. The van der Waals surface area contributed by atoms with Crippen molar-refractivity contribution in [1.82, 2.24) is 10.2 Å². The Hall–Kier alpha value is -5.14. The number of carbonyl (C=O) groups is 4. The zero-order valence-electron chi connectivity index (χ0n) is 30.0. The van der Waals surface area contributed by atoms with E-state index in [0.717, 1.165) is 16.0 Å². The third kappa shape index (κ3) is 8.97. The number of hydrogen-bond acceptors (Lipinski definition) is 10. The Morgan fingerprint density at radius 2 is 1.55 bits per heavy atom. The van der Waals surface area contributed by atoms with Crippen molar-refractivity contribution in [3.8, 4) is 11.5 Å². The van der Waals surface area contributed by atoms with Crippen LogP contribution in [-0.2, 0) is 27.1 Å². The molecule has 0 bridgehead atoms. The molecule has 1 fully saturated rings. The quantitative estimate of drug-likeness (QED) is 0.122. The van der Waals surface area contributed by atoms with Crippen molar-refractivity contribution in [2.75, 3.05) is 59.9 Å². The molecule has 0 radical (unpaired) electrons. The monoisotopic (exact) mass is 705 g/mol. The van der Waals surface area contributed by atoms with Gasteiger partial charge in [-0.25, -0.2) is 9.59 Å². The van der Waals surface area contributed by atoms with E-state index in [1.807, 2.05) is 27.9 Å². The molecule has 51 heavy (non-hydrogen) atoms. The number of anilines is 1. The van der Waals surface area contributed by atoms with Crippen molar-refractivity contribution in [2.24, 2.45) is 0 Å². The summed E-state index contributed by atoms with van der Waals surface area (Å²) >= 11 is 0. The van der Waals surface area contributed by atoms with Gasteiger partial charge >= 0.3 is 12.1 Å². The Bertz CT molecular complexity index is 1670. The van der Waals surface area contributed by atoms with Crippen LogP contribution in [0.2, 0.25) is 0 Å². The lowest BCUT2D eigenvalue weighted by Crippen LogP contribution is -2.62. The maximum atomic E-state index is 15.2. The third-order valence-corrected chi connectivity index (χ3v) is 8.83. The number of benzene rings is 3. The highest BCUT2D eigenvalue weighted by Crippen LogP contribution is 2.37. The van der Waals surface area contributed by atoms with E-state index in [1.165, 1.54) is 14.2 Å². The summed E-state index contributed by atoms with van der Waals surface area (Å²) in [6, 6.07) is 15.3. The summed E-state index contributed by atoms with van der Waals surface area (Å²) in [5.74, 6) is -1.27. The van der Waals surface area contributed by atoms with Crippen molar-refractivity contribution in [2.45, 2.75) is 51.2 Å². The van der Waals surface area contributed by atoms with Gasteiger partial charge in [0.1, 0.15) is 11.5 Å². The highest BCUT2D eigenvalue weighted by molar-refractivity contribution is 6.08. The first-order valence-electron chi connectivity index (χ1n) is 16.8. The van der Waals surface area contributed by atoms with Gasteiger partial charge in [0.25, 0.3) is 5.91 Å². The minimum atomic E-state index is -2.06. The molecule has 0 aromatic heterocycles. The van der Waals surface area contributed by atoms with Crippen LogP contribution in [-0.4, -0.2) is 100 Å². The molecule has 0 saturated carbocycles.